The van der Waals surface area contributed by atoms with Gasteiger partial charge in [-0.1, -0.05) is 64.0 Å². The van der Waals surface area contributed by atoms with Gasteiger partial charge in [-0.3, -0.25) is 0 Å². The first-order valence-corrected chi connectivity index (χ1v) is 5.12. The van der Waals surface area contributed by atoms with Gasteiger partial charge in [-0.2, -0.15) is 0 Å². The first kappa shape index (κ1) is 9.16. The van der Waals surface area contributed by atoms with E-state index in [1.165, 1.54) is 39.4 Å². The van der Waals surface area contributed by atoms with E-state index in [2.05, 4.69) is 20.8 Å². The molecule has 0 amide bonds. The molecule has 1 saturated carbocycles. The Balaban J connectivity index is 2.37. The molecule has 0 aromatic carbocycles. The minimum atomic E-state index is 0.701. The van der Waals surface area contributed by atoms with Crippen LogP contribution in [0, 0.1) is 0 Å². The van der Waals surface area contributed by atoms with E-state index >= 15 is 0 Å². The highest BCUT2D eigenvalue weighted by atomic mass is 14.2. The van der Waals surface area contributed by atoms with Crippen LogP contribution in [0.5, 0.6) is 0 Å². The van der Waals surface area contributed by atoms with Crippen LogP contribution in [0.4, 0.5) is 0 Å². The van der Waals surface area contributed by atoms with Gasteiger partial charge in [-0.05, 0) is 0 Å². The summed E-state index contributed by atoms with van der Waals surface area (Å²) < 4.78 is 0. The highest BCUT2D eigenvalue weighted by Gasteiger charge is 2.28. The van der Waals surface area contributed by atoms with E-state index in [9.17, 15) is 0 Å². The van der Waals surface area contributed by atoms with Gasteiger partial charge in [0.25, 0.3) is 0 Å². The van der Waals surface area contributed by atoms with Gasteiger partial charge in [-0.15, -0.1) is 0 Å². The van der Waals surface area contributed by atoms with Gasteiger partial charge in [0.15, 0.2) is 0 Å². The highest BCUT2D eigenvalue weighted by Crippen LogP contribution is 2.43. The normalized spacial score (nSPS) is 23.6. The molecule has 1 heteroatoms. The third-order valence-electron chi connectivity index (χ3n) is 2.96. The van der Waals surface area contributed by atoms with Gasteiger partial charge in [-0.25, -0.2) is 0 Å². The fourth-order valence-electron chi connectivity index (χ4n) is 2.60. The second-order valence-electron chi connectivity index (χ2n) is 4.97. The van der Waals surface area contributed by atoms with Crippen LogP contribution >= 0.6 is 0 Å². The molecule has 1 fully saturated rings. The van der Waals surface area contributed by atoms with E-state index in [0.717, 1.165) is 5.82 Å². The van der Waals surface area contributed by atoms with E-state index in [4.69, 9.17) is 0 Å². The first-order valence-electron chi connectivity index (χ1n) is 5.12. The van der Waals surface area contributed by atoms with Crippen molar-refractivity contribution in [2.75, 3.05) is 0 Å². The van der Waals surface area contributed by atoms with Crippen molar-refractivity contribution < 1.29 is 0 Å². The molecule has 0 bridgehead atoms. The summed E-state index contributed by atoms with van der Waals surface area (Å²) in [4.78, 5) is 0. The second-order valence-corrected chi connectivity index (χ2v) is 4.97. The Morgan fingerprint density at radius 2 is 1.64 bits per heavy atom. The van der Waals surface area contributed by atoms with Crippen LogP contribution in [0.15, 0.2) is 0 Å². The molecule has 0 atom stereocenters. The third-order valence-corrected chi connectivity index (χ3v) is 2.96. The largest absolute Gasteiger partial charge is 0.130 e. The fraction of sp³-hybridized carbons (Fsp3) is 1.00. The highest BCUT2D eigenvalue weighted by molar-refractivity contribution is 6.41. The molecule has 1 aliphatic carbocycles. The zero-order valence-electron chi connectivity index (χ0n) is 8.32. The summed E-state index contributed by atoms with van der Waals surface area (Å²) in [5.41, 5.74) is 0. The van der Waals surface area contributed by atoms with Crippen LogP contribution in [0.3, 0.4) is 0 Å². The standard InChI is InChI=1S/C10H21B/c1-9(2)11-10(3)7-5-4-6-8-10/h9,11H,4-8H2,1-3H3. The van der Waals surface area contributed by atoms with Crippen molar-refractivity contribution in [2.24, 2.45) is 0 Å². The molecule has 0 N–H and O–H groups in total. The topological polar surface area (TPSA) is 0 Å². The van der Waals surface area contributed by atoms with Crippen LogP contribution in [0.25, 0.3) is 0 Å². The molecule has 0 aromatic rings. The van der Waals surface area contributed by atoms with E-state index in [0.29, 0.717) is 5.31 Å². The molecule has 0 heterocycles. The lowest BCUT2D eigenvalue weighted by atomic mass is 9.43. The lowest BCUT2D eigenvalue weighted by Crippen LogP contribution is -2.21. The molecule has 0 aromatic heterocycles. The van der Waals surface area contributed by atoms with E-state index in [1.54, 1.807) is 0 Å². The smallest absolute Gasteiger partial charge is 0.0707 e. The van der Waals surface area contributed by atoms with E-state index in [1.807, 2.05) is 0 Å². The third kappa shape index (κ3) is 2.88. The summed E-state index contributed by atoms with van der Waals surface area (Å²) in [6.07, 6.45) is 7.39. The van der Waals surface area contributed by atoms with Crippen molar-refractivity contribution in [3.63, 3.8) is 0 Å². The van der Waals surface area contributed by atoms with Crippen LogP contribution < -0.4 is 0 Å². The lowest BCUT2D eigenvalue weighted by molar-refractivity contribution is 0.397. The maximum absolute atomic E-state index is 2.48. The molecular weight excluding hydrogens is 131 g/mol. The average molecular weight is 152 g/mol. The summed E-state index contributed by atoms with van der Waals surface area (Å²) in [5.74, 6) is 0.887. The zero-order valence-corrected chi connectivity index (χ0v) is 8.32. The predicted octanol–water partition coefficient (Wildman–Crippen LogP) is 3.39. The predicted molar refractivity (Wildman–Crippen MR) is 53.7 cm³/mol. The quantitative estimate of drug-likeness (QED) is 0.532. The van der Waals surface area contributed by atoms with Crippen molar-refractivity contribution >= 4 is 7.28 Å². The summed E-state index contributed by atoms with van der Waals surface area (Å²) >= 11 is 0. The van der Waals surface area contributed by atoms with Crippen molar-refractivity contribution in [3.8, 4) is 0 Å². The molecular formula is C10H21B. The zero-order chi connectivity index (χ0) is 8.32. The monoisotopic (exact) mass is 152 g/mol. The molecule has 1 aliphatic rings. The summed E-state index contributed by atoms with van der Waals surface area (Å²) in [5, 5.41) is 0.701. The Morgan fingerprint density at radius 1 is 1.09 bits per heavy atom. The molecule has 0 aliphatic heterocycles. The van der Waals surface area contributed by atoms with E-state index in [-0.39, 0.29) is 0 Å². The Kier molecular flexibility index (Phi) is 3.03. The summed E-state index contributed by atoms with van der Waals surface area (Å²) in [6, 6.07) is 0. The molecule has 0 saturated heterocycles. The lowest BCUT2D eigenvalue weighted by Gasteiger charge is -2.34. The maximum Gasteiger partial charge on any atom is 0.130 e. The van der Waals surface area contributed by atoms with Crippen LogP contribution in [0.1, 0.15) is 52.9 Å². The Morgan fingerprint density at radius 3 is 2.09 bits per heavy atom. The summed E-state index contributed by atoms with van der Waals surface area (Å²) in [7, 11) is 1.44. The van der Waals surface area contributed by atoms with Gasteiger partial charge in [0.1, 0.15) is 7.28 Å². The van der Waals surface area contributed by atoms with E-state index < -0.39 is 0 Å². The maximum atomic E-state index is 2.48. The van der Waals surface area contributed by atoms with Gasteiger partial charge < -0.3 is 0 Å². The van der Waals surface area contributed by atoms with Gasteiger partial charge >= 0.3 is 0 Å². The molecule has 0 spiro atoms. The Bertz CT molecular complexity index is 112. The number of hydrogen-bond acceptors (Lipinski definition) is 0. The van der Waals surface area contributed by atoms with Crippen LogP contribution in [-0.4, -0.2) is 7.28 Å². The van der Waals surface area contributed by atoms with Crippen LogP contribution in [0.2, 0.25) is 11.1 Å². The second kappa shape index (κ2) is 3.64. The van der Waals surface area contributed by atoms with Crippen molar-refractivity contribution in [2.45, 2.75) is 64.0 Å². The van der Waals surface area contributed by atoms with Gasteiger partial charge in [0.05, 0.1) is 0 Å². The number of rotatable bonds is 2. The van der Waals surface area contributed by atoms with Crippen molar-refractivity contribution in [3.05, 3.63) is 0 Å². The first-order chi connectivity index (χ1) is 5.12. The molecule has 0 nitrogen and oxygen atoms in total. The van der Waals surface area contributed by atoms with Crippen molar-refractivity contribution in [1.82, 2.24) is 0 Å². The number of hydrogen-bond donors (Lipinski definition) is 0. The van der Waals surface area contributed by atoms with Gasteiger partial charge in [0, 0.05) is 0 Å². The molecule has 1 rings (SSSR count). The Hall–Kier alpha value is 0.0649. The fourth-order valence-corrected chi connectivity index (χ4v) is 2.60. The molecule has 0 radical (unpaired) electrons. The SMILES string of the molecule is CC(C)BC1(C)CCCCC1. The molecule has 11 heavy (non-hydrogen) atoms. The van der Waals surface area contributed by atoms with Crippen molar-refractivity contribution in [1.29, 1.82) is 0 Å². The van der Waals surface area contributed by atoms with Crippen LogP contribution in [-0.2, 0) is 0 Å². The minimum Gasteiger partial charge on any atom is -0.0707 e. The minimum absolute atomic E-state index is 0.701. The molecule has 0 unspecified atom stereocenters. The molecule has 64 valence electrons. The summed E-state index contributed by atoms with van der Waals surface area (Å²) in [6.45, 7) is 7.17. The van der Waals surface area contributed by atoms with Gasteiger partial charge in [0.2, 0.25) is 0 Å². The average Bonchev–Trinajstić information content (AvgIpc) is 1.85. The Labute approximate surface area is 72.0 Å².